The molecule has 28 heavy (non-hydrogen) atoms. The van der Waals surface area contributed by atoms with Gasteiger partial charge in [0.05, 0.1) is 22.3 Å². The second kappa shape index (κ2) is 8.99. The largest absolute Gasteiger partial charge is 1.00 e. The molecule has 4 aromatic rings. The standard InChI is InChI=1S/C22H16N2O2S.BrH/c25-20(16-9-3-1-4-10-16)15-27-22-23-19-14-8-7-13-18(19)21(26)24(22)17-11-5-2-6-12-17;/h1-14H,15H2;1H/p-1. The Kier molecular flexibility index (Phi) is 6.44. The highest BCUT2D eigenvalue weighted by Crippen LogP contribution is 2.22. The minimum Gasteiger partial charge on any atom is -1.00 e. The summed E-state index contributed by atoms with van der Waals surface area (Å²) in [5, 5.41) is 1.06. The summed E-state index contributed by atoms with van der Waals surface area (Å²) < 4.78 is 1.57. The van der Waals surface area contributed by atoms with Crippen LogP contribution in [0, 0.1) is 0 Å². The molecule has 0 atom stereocenters. The first-order valence-corrected chi connectivity index (χ1v) is 9.51. The number of benzene rings is 3. The minimum atomic E-state index is -0.138. The van der Waals surface area contributed by atoms with Crippen molar-refractivity contribution >= 4 is 28.4 Å². The third kappa shape index (κ3) is 4.08. The lowest BCUT2D eigenvalue weighted by Crippen LogP contribution is -3.00. The SMILES string of the molecule is O=C(CSc1nc2ccccc2c(=O)n1-c1ccccc1)c1ccccc1.[Br-]. The molecule has 140 valence electrons. The van der Waals surface area contributed by atoms with Crippen molar-refractivity contribution < 1.29 is 21.8 Å². The van der Waals surface area contributed by atoms with Crippen molar-refractivity contribution in [1.29, 1.82) is 0 Å². The van der Waals surface area contributed by atoms with Crippen LogP contribution in [0.15, 0.2) is 94.9 Å². The van der Waals surface area contributed by atoms with E-state index in [2.05, 4.69) is 4.98 Å². The van der Waals surface area contributed by atoms with Crippen LogP contribution in [0.5, 0.6) is 0 Å². The molecular formula is C22H16BrN2O2S-. The van der Waals surface area contributed by atoms with Crippen molar-refractivity contribution in [2.24, 2.45) is 0 Å². The number of nitrogens with zero attached hydrogens (tertiary/aromatic N) is 2. The number of carbonyl (C=O) groups excluding carboxylic acids is 1. The lowest BCUT2D eigenvalue weighted by atomic mass is 10.2. The van der Waals surface area contributed by atoms with Crippen LogP contribution in [0.4, 0.5) is 0 Å². The Bertz CT molecular complexity index is 1160. The maximum atomic E-state index is 13.1. The normalized spacial score (nSPS) is 10.4. The molecule has 0 bridgehead atoms. The molecule has 1 heterocycles. The molecule has 0 unspecified atom stereocenters. The fraction of sp³-hybridized carbons (Fsp3) is 0.0455. The van der Waals surface area contributed by atoms with Gasteiger partial charge in [0, 0.05) is 5.56 Å². The summed E-state index contributed by atoms with van der Waals surface area (Å²) in [6, 6.07) is 25.8. The molecule has 0 spiro atoms. The maximum absolute atomic E-state index is 13.1. The predicted octanol–water partition coefficient (Wildman–Crippen LogP) is 1.36. The summed E-state index contributed by atoms with van der Waals surface area (Å²) >= 11 is 1.28. The molecule has 0 aliphatic carbocycles. The fourth-order valence-corrected chi connectivity index (χ4v) is 3.76. The first kappa shape index (κ1) is 20.0. The number of fused-ring (bicyclic) bond motifs is 1. The van der Waals surface area contributed by atoms with Crippen LogP contribution in [0.1, 0.15) is 10.4 Å². The van der Waals surface area contributed by atoms with Crippen LogP contribution in [0.2, 0.25) is 0 Å². The summed E-state index contributed by atoms with van der Waals surface area (Å²) in [7, 11) is 0. The number of thioether (sulfide) groups is 1. The highest BCUT2D eigenvalue weighted by molar-refractivity contribution is 7.99. The zero-order valence-corrected chi connectivity index (χ0v) is 17.2. The van der Waals surface area contributed by atoms with Crippen LogP contribution >= 0.6 is 11.8 Å². The first-order valence-electron chi connectivity index (χ1n) is 8.52. The Morgan fingerprint density at radius 2 is 1.46 bits per heavy atom. The van der Waals surface area contributed by atoms with Crippen LogP contribution in [-0.4, -0.2) is 21.1 Å². The highest BCUT2D eigenvalue weighted by Gasteiger charge is 2.15. The number of halogens is 1. The average molecular weight is 452 g/mol. The van der Waals surface area contributed by atoms with Crippen molar-refractivity contribution in [3.63, 3.8) is 0 Å². The number of rotatable bonds is 5. The summed E-state index contributed by atoms with van der Waals surface area (Å²) in [4.78, 5) is 30.2. The van der Waals surface area contributed by atoms with Crippen molar-refractivity contribution in [2.45, 2.75) is 5.16 Å². The zero-order chi connectivity index (χ0) is 18.6. The van der Waals surface area contributed by atoms with Gasteiger partial charge in [0.25, 0.3) is 5.56 Å². The molecule has 0 radical (unpaired) electrons. The second-order valence-electron chi connectivity index (χ2n) is 5.97. The van der Waals surface area contributed by atoms with E-state index in [1.165, 1.54) is 11.8 Å². The zero-order valence-electron chi connectivity index (χ0n) is 14.8. The molecular weight excluding hydrogens is 436 g/mol. The topological polar surface area (TPSA) is 52.0 Å². The number of hydrogen-bond acceptors (Lipinski definition) is 4. The van der Waals surface area contributed by atoms with E-state index in [-0.39, 0.29) is 34.1 Å². The van der Waals surface area contributed by atoms with Gasteiger partial charge in [-0.1, -0.05) is 72.4 Å². The quantitative estimate of drug-likeness (QED) is 0.261. The number of hydrogen-bond donors (Lipinski definition) is 0. The predicted molar refractivity (Wildman–Crippen MR) is 109 cm³/mol. The van der Waals surface area contributed by atoms with Crippen LogP contribution < -0.4 is 22.5 Å². The Balaban J connectivity index is 0.00000225. The van der Waals surface area contributed by atoms with Crippen LogP contribution in [0.3, 0.4) is 0 Å². The van der Waals surface area contributed by atoms with Crippen molar-refractivity contribution in [2.75, 3.05) is 5.75 Å². The second-order valence-corrected chi connectivity index (χ2v) is 6.91. The molecule has 0 amide bonds. The van der Waals surface area contributed by atoms with E-state index in [0.29, 0.717) is 21.6 Å². The third-order valence-electron chi connectivity index (χ3n) is 4.19. The Morgan fingerprint density at radius 1 is 0.857 bits per heavy atom. The van der Waals surface area contributed by atoms with Crippen LogP contribution in [-0.2, 0) is 0 Å². The monoisotopic (exact) mass is 451 g/mol. The highest BCUT2D eigenvalue weighted by atomic mass is 79.9. The summed E-state index contributed by atoms with van der Waals surface area (Å²) in [6.07, 6.45) is 0. The molecule has 6 heteroatoms. The average Bonchev–Trinajstić information content (AvgIpc) is 2.73. The van der Waals surface area contributed by atoms with Gasteiger partial charge in [0.1, 0.15) is 0 Å². The van der Waals surface area contributed by atoms with E-state index in [0.717, 1.165) is 5.69 Å². The summed E-state index contributed by atoms with van der Waals surface area (Å²) in [5.74, 6) is 0.212. The van der Waals surface area contributed by atoms with E-state index in [4.69, 9.17) is 0 Å². The molecule has 0 aliphatic heterocycles. The minimum absolute atomic E-state index is 0. The van der Waals surface area contributed by atoms with Gasteiger partial charge in [-0.15, -0.1) is 0 Å². The molecule has 1 aromatic heterocycles. The number of carbonyl (C=O) groups is 1. The molecule has 0 aliphatic rings. The van der Waals surface area contributed by atoms with E-state index >= 15 is 0 Å². The van der Waals surface area contributed by atoms with Gasteiger partial charge in [-0.2, -0.15) is 0 Å². The van der Waals surface area contributed by atoms with E-state index < -0.39 is 0 Å². The third-order valence-corrected chi connectivity index (χ3v) is 5.13. The Morgan fingerprint density at radius 3 is 2.18 bits per heavy atom. The van der Waals surface area contributed by atoms with Gasteiger partial charge in [0.2, 0.25) is 0 Å². The molecule has 3 aromatic carbocycles. The molecule has 0 fully saturated rings. The Labute approximate surface area is 177 Å². The lowest BCUT2D eigenvalue weighted by molar-refractivity contribution is -0.0000131. The number of Topliss-reactive ketones (excluding diaryl/α,β-unsaturated/α-hetero) is 1. The van der Waals surface area contributed by atoms with Gasteiger partial charge in [-0.05, 0) is 24.3 Å². The van der Waals surface area contributed by atoms with E-state index in [9.17, 15) is 9.59 Å². The maximum Gasteiger partial charge on any atom is 0.266 e. The van der Waals surface area contributed by atoms with E-state index in [1.807, 2.05) is 66.7 Å². The van der Waals surface area contributed by atoms with Crippen molar-refractivity contribution in [1.82, 2.24) is 9.55 Å². The van der Waals surface area contributed by atoms with Gasteiger partial charge >= 0.3 is 0 Å². The van der Waals surface area contributed by atoms with Gasteiger partial charge in [-0.3, -0.25) is 14.2 Å². The number of ketones is 1. The smallest absolute Gasteiger partial charge is 0.266 e. The number of aromatic nitrogens is 2. The van der Waals surface area contributed by atoms with Crippen molar-refractivity contribution in [3.05, 3.63) is 101 Å². The van der Waals surface area contributed by atoms with Crippen molar-refractivity contribution in [3.8, 4) is 5.69 Å². The molecule has 0 N–H and O–H groups in total. The van der Waals surface area contributed by atoms with Crippen LogP contribution in [0.25, 0.3) is 16.6 Å². The number of para-hydroxylation sites is 2. The summed E-state index contributed by atoms with van der Waals surface area (Å²) in [5.41, 5.74) is 1.88. The fourth-order valence-electron chi connectivity index (χ4n) is 2.85. The van der Waals surface area contributed by atoms with Gasteiger partial charge in [0.15, 0.2) is 10.9 Å². The summed E-state index contributed by atoms with van der Waals surface area (Å²) in [6.45, 7) is 0. The lowest BCUT2D eigenvalue weighted by Gasteiger charge is -2.13. The molecule has 4 nitrogen and oxygen atoms in total. The first-order chi connectivity index (χ1) is 13.2. The molecule has 4 rings (SSSR count). The van der Waals surface area contributed by atoms with E-state index in [1.54, 1.807) is 22.8 Å². The van der Waals surface area contributed by atoms with Gasteiger partial charge in [-0.25, -0.2) is 4.98 Å². The van der Waals surface area contributed by atoms with Gasteiger partial charge < -0.3 is 17.0 Å². The molecule has 0 saturated heterocycles. The Hall–Kier alpha value is -2.70. The molecule has 0 saturated carbocycles.